The monoisotopic (exact) mass is 282 g/mol. The van der Waals surface area contributed by atoms with E-state index >= 15 is 0 Å². The van der Waals surface area contributed by atoms with Gasteiger partial charge in [-0.3, -0.25) is 4.90 Å². The Morgan fingerprint density at radius 1 is 1.05 bits per heavy atom. The Bertz CT molecular complexity index is 242. The van der Waals surface area contributed by atoms with Crippen molar-refractivity contribution in [2.24, 2.45) is 5.92 Å². The van der Waals surface area contributed by atoms with Gasteiger partial charge in [0.2, 0.25) is 0 Å². The molecule has 1 heterocycles. The van der Waals surface area contributed by atoms with Crippen LogP contribution in [0.5, 0.6) is 0 Å². The third-order valence-corrected chi connectivity index (χ3v) is 5.58. The van der Waals surface area contributed by atoms with E-state index in [4.69, 9.17) is 0 Å². The molecule has 2 unspecified atom stereocenters. The maximum atomic E-state index is 3.91. The Labute approximate surface area is 127 Å². The fraction of sp³-hybridized carbons (Fsp3) is 1.00. The van der Waals surface area contributed by atoms with Gasteiger partial charge in [0.05, 0.1) is 0 Å². The summed E-state index contributed by atoms with van der Waals surface area (Å²) in [4.78, 5) is 2.81. The Morgan fingerprint density at radius 2 is 1.65 bits per heavy atom. The van der Waals surface area contributed by atoms with Gasteiger partial charge in [0.15, 0.2) is 0 Å². The van der Waals surface area contributed by atoms with Crippen molar-refractivity contribution in [3.63, 3.8) is 0 Å². The molecule has 1 N–H and O–H groups in total. The summed E-state index contributed by atoms with van der Waals surface area (Å²) in [6, 6.07) is 0.658. The van der Waals surface area contributed by atoms with Crippen molar-refractivity contribution in [2.45, 2.75) is 91.1 Å². The molecule has 0 amide bonds. The van der Waals surface area contributed by atoms with Crippen molar-refractivity contribution in [2.75, 3.05) is 19.6 Å². The van der Waals surface area contributed by atoms with Crippen LogP contribution in [0.2, 0.25) is 0 Å². The molecule has 1 rings (SSSR count). The molecule has 2 nitrogen and oxygen atoms in total. The molecule has 0 aliphatic carbocycles. The SMILES string of the molecule is CCCNC(CC(C)CC)C(CC)(CC)N1CCCC1. The topological polar surface area (TPSA) is 15.3 Å². The molecule has 0 aromatic rings. The predicted molar refractivity (Wildman–Crippen MR) is 90.3 cm³/mol. The lowest BCUT2D eigenvalue weighted by atomic mass is 9.78. The van der Waals surface area contributed by atoms with Crippen LogP contribution in [0.3, 0.4) is 0 Å². The second-order valence-electron chi connectivity index (χ2n) is 6.76. The van der Waals surface area contributed by atoms with Crippen LogP contribution in [0.25, 0.3) is 0 Å². The molecule has 0 spiro atoms. The zero-order valence-electron chi connectivity index (χ0n) is 14.7. The lowest BCUT2D eigenvalue weighted by Gasteiger charge is -2.48. The van der Waals surface area contributed by atoms with Gasteiger partial charge in [0.1, 0.15) is 0 Å². The summed E-state index contributed by atoms with van der Waals surface area (Å²) in [5.74, 6) is 0.824. The summed E-state index contributed by atoms with van der Waals surface area (Å²) in [5, 5.41) is 3.91. The highest BCUT2D eigenvalue weighted by Gasteiger charge is 2.41. The lowest BCUT2D eigenvalue weighted by Crippen LogP contribution is -2.60. The van der Waals surface area contributed by atoms with Gasteiger partial charge in [-0.1, -0.05) is 41.0 Å². The van der Waals surface area contributed by atoms with Crippen molar-refractivity contribution in [1.29, 1.82) is 0 Å². The van der Waals surface area contributed by atoms with E-state index in [9.17, 15) is 0 Å². The Hall–Kier alpha value is -0.0800. The number of hydrogen-bond donors (Lipinski definition) is 1. The summed E-state index contributed by atoms with van der Waals surface area (Å²) in [7, 11) is 0. The van der Waals surface area contributed by atoms with Crippen LogP contribution in [0.4, 0.5) is 0 Å². The third kappa shape index (κ3) is 4.21. The van der Waals surface area contributed by atoms with Gasteiger partial charge < -0.3 is 5.32 Å². The molecule has 0 radical (unpaired) electrons. The standard InChI is InChI=1S/C18H38N2/c1-6-12-19-17(15-16(5)7-2)18(8-3,9-4)20-13-10-11-14-20/h16-17,19H,6-15H2,1-5H3. The van der Waals surface area contributed by atoms with Crippen molar-refractivity contribution >= 4 is 0 Å². The minimum absolute atomic E-state index is 0.384. The minimum atomic E-state index is 0.384. The molecule has 2 atom stereocenters. The fourth-order valence-corrected chi connectivity index (χ4v) is 3.95. The van der Waals surface area contributed by atoms with Gasteiger partial charge in [-0.25, -0.2) is 0 Å². The summed E-state index contributed by atoms with van der Waals surface area (Å²) in [6.45, 7) is 15.6. The molecule has 0 bridgehead atoms. The molecule has 0 saturated carbocycles. The highest BCUT2D eigenvalue weighted by Crippen LogP contribution is 2.34. The zero-order valence-corrected chi connectivity index (χ0v) is 14.7. The number of nitrogens with one attached hydrogen (secondary N) is 1. The van der Waals surface area contributed by atoms with Gasteiger partial charge in [-0.15, -0.1) is 0 Å². The molecule has 20 heavy (non-hydrogen) atoms. The smallest absolute Gasteiger partial charge is 0.0357 e. The van der Waals surface area contributed by atoms with E-state index in [1.807, 2.05) is 0 Å². The molecule has 1 aliphatic heterocycles. The van der Waals surface area contributed by atoms with Crippen LogP contribution in [-0.2, 0) is 0 Å². The van der Waals surface area contributed by atoms with Crippen LogP contribution in [0.15, 0.2) is 0 Å². The first-order valence-corrected chi connectivity index (χ1v) is 9.12. The van der Waals surface area contributed by atoms with Gasteiger partial charge in [-0.2, -0.15) is 0 Å². The van der Waals surface area contributed by atoms with Crippen LogP contribution in [0, 0.1) is 5.92 Å². The Kier molecular flexibility index (Phi) is 8.13. The quantitative estimate of drug-likeness (QED) is 0.637. The Balaban J connectivity index is 2.88. The first kappa shape index (κ1) is 18.0. The fourth-order valence-electron chi connectivity index (χ4n) is 3.95. The molecule has 120 valence electrons. The predicted octanol–water partition coefficient (Wildman–Crippen LogP) is 4.45. The first-order valence-electron chi connectivity index (χ1n) is 9.12. The molecule has 1 saturated heterocycles. The van der Waals surface area contributed by atoms with E-state index in [0.717, 1.165) is 12.5 Å². The summed E-state index contributed by atoms with van der Waals surface area (Å²) in [6.07, 6.45) is 9.21. The van der Waals surface area contributed by atoms with Gasteiger partial charge >= 0.3 is 0 Å². The van der Waals surface area contributed by atoms with Crippen molar-refractivity contribution < 1.29 is 0 Å². The summed E-state index contributed by atoms with van der Waals surface area (Å²) in [5.41, 5.74) is 0.384. The maximum absolute atomic E-state index is 3.91. The van der Waals surface area contributed by atoms with Crippen LogP contribution >= 0.6 is 0 Å². The molecular weight excluding hydrogens is 244 g/mol. The summed E-state index contributed by atoms with van der Waals surface area (Å²) < 4.78 is 0. The lowest BCUT2D eigenvalue weighted by molar-refractivity contribution is 0.0525. The molecule has 2 heteroatoms. The van der Waals surface area contributed by atoms with E-state index in [-0.39, 0.29) is 0 Å². The number of likely N-dealkylation sites (tertiary alicyclic amines) is 1. The normalized spacial score (nSPS) is 20.2. The Morgan fingerprint density at radius 3 is 2.10 bits per heavy atom. The van der Waals surface area contributed by atoms with Gasteiger partial charge in [0, 0.05) is 11.6 Å². The first-order chi connectivity index (χ1) is 9.64. The summed E-state index contributed by atoms with van der Waals surface area (Å²) >= 11 is 0. The van der Waals surface area contributed by atoms with Crippen molar-refractivity contribution in [3.05, 3.63) is 0 Å². The average Bonchev–Trinajstić information content (AvgIpc) is 3.00. The molecule has 1 aliphatic rings. The third-order valence-electron chi connectivity index (χ3n) is 5.58. The average molecular weight is 283 g/mol. The van der Waals surface area contributed by atoms with Crippen molar-refractivity contribution in [1.82, 2.24) is 10.2 Å². The zero-order chi connectivity index (χ0) is 15.0. The highest BCUT2D eigenvalue weighted by molar-refractivity contribution is 5.00. The molecule has 0 aromatic carbocycles. The van der Waals surface area contributed by atoms with Crippen LogP contribution < -0.4 is 5.32 Å². The second kappa shape index (κ2) is 9.04. The number of nitrogens with zero attached hydrogens (tertiary/aromatic N) is 1. The second-order valence-corrected chi connectivity index (χ2v) is 6.76. The van der Waals surface area contributed by atoms with Crippen LogP contribution in [0.1, 0.15) is 79.6 Å². The van der Waals surface area contributed by atoms with E-state index < -0.39 is 0 Å². The largest absolute Gasteiger partial charge is 0.312 e. The molecule has 1 fully saturated rings. The van der Waals surface area contributed by atoms with E-state index in [2.05, 4.69) is 44.8 Å². The van der Waals surface area contributed by atoms with Crippen molar-refractivity contribution in [3.8, 4) is 0 Å². The highest BCUT2D eigenvalue weighted by atomic mass is 15.2. The maximum Gasteiger partial charge on any atom is 0.0357 e. The van der Waals surface area contributed by atoms with E-state index in [0.29, 0.717) is 11.6 Å². The van der Waals surface area contributed by atoms with E-state index in [1.165, 1.54) is 58.0 Å². The van der Waals surface area contributed by atoms with Gasteiger partial charge in [0.25, 0.3) is 0 Å². The number of rotatable bonds is 10. The minimum Gasteiger partial charge on any atom is -0.312 e. The van der Waals surface area contributed by atoms with Gasteiger partial charge in [-0.05, 0) is 64.1 Å². The molecular formula is C18H38N2. The van der Waals surface area contributed by atoms with Crippen LogP contribution in [-0.4, -0.2) is 36.1 Å². The number of hydrogen-bond acceptors (Lipinski definition) is 2. The molecule has 0 aromatic heterocycles. The van der Waals surface area contributed by atoms with E-state index in [1.54, 1.807) is 0 Å².